The summed E-state index contributed by atoms with van der Waals surface area (Å²) >= 11 is -1.00. The van der Waals surface area contributed by atoms with Crippen molar-refractivity contribution in [2.45, 2.75) is 63.7 Å². The minimum absolute atomic E-state index is 0.157. The summed E-state index contributed by atoms with van der Waals surface area (Å²) in [6, 6.07) is 0.453. The van der Waals surface area contributed by atoms with Crippen molar-refractivity contribution in [2.75, 3.05) is 6.54 Å². The van der Waals surface area contributed by atoms with Gasteiger partial charge in [0, 0.05) is 30.4 Å². The monoisotopic (exact) mass is 260 g/mol. The van der Waals surface area contributed by atoms with Gasteiger partial charge in [-0.05, 0) is 46.5 Å². The largest absolute Gasteiger partial charge is 0.598 e. The second-order valence-corrected chi connectivity index (χ2v) is 7.63. The van der Waals surface area contributed by atoms with Crippen molar-refractivity contribution < 1.29 is 9.35 Å². The van der Waals surface area contributed by atoms with Crippen LogP contribution in [0.3, 0.4) is 0 Å². The van der Waals surface area contributed by atoms with Gasteiger partial charge in [-0.1, -0.05) is 0 Å². The first-order valence-corrected chi connectivity index (χ1v) is 7.49. The molecule has 0 aliphatic heterocycles. The molecule has 0 aromatic carbocycles. The normalized spacial score (nSPS) is 17.9. The van der Waals surface area contributed by atoms with E-state index in [1.807, 2.05) is 20.8 Å². The van der Waals surface area contributed by atoms with Gasteiger partial charge in [0.05, 0.1) is 0 Å². The van der Waals surface area contributed by atoms with Gasteiger partial charge in [0.1, 0.15) is 4.75 Å². The number of rotatable bonds is 7. The number of amides is 1. The van der Waals surface area contributed by atoms with Crippen molar-refractivity contribution in [2.24, 2.45) is 0 Å². The van der Waals surface area contributed by atoms with Gasteiger partial charge in [-0.25, -0.2) is 0 Å². The second-order valence-electron chi connectivity index (χ2n) is 5.57. The molecule has 0 radical (unpaired) electrons. The molecule has 1 unspecified atom stereocenters. The van der Waals surface area contributed by atoms with E-state index in [1.165, 1.54) is 0 Å². The molecule has 17 heavy (non-hydrogen) atoms. The summed E-state index contributed by atoms with van der Waals surface area (Å²) in [7, 11) is 0. The third-order valence-electron chi connectivity index (χ3n) is 2.56. The molecule has 1 fully saturated rings. The summed E-state index contributed by atoms with van der Waals surface area (Å²) in [6.07, 6.45) is 4.60. The minimum Gasteiger partial charge on any atom is -0.598 e. The fraction of sp³-hybridized carbons (Fsp3) is 0.917. The highest BCUT2D eigenvalue weighted by Crippen LogP contribution is 2.18. The molecule has 2 N–H and O–H groups in total. The summed E-state index contributed by atoms with van der Waals surface area (Å²) in [5.74, 6) is 0.157. The van der Waals surface area contributed by atoms with Gasteiger partial charge in [0.15, 0.2) is 0 Å². The third-order valence-corrected chi connectivity index (χ3v) is 4.14. The Morgan fingerprint density at radius 1 is 1.35 bits per heavy atom. The number of carbonyl (C=O) groups excluding carboxylic acids is 1. The van der Waals surface area contributed by atoms with Crippen molar-refractivity contribution in [3.63, 3.8) is 0 Å². The highest BCUT2D eigenvalue weighted by Gasteiger charge is 2.25. The molecule has 100 valence electrons. The third kappa shape index (κ3) is 6.91. The topological polar surface area (TPSA) is 64.2 Å². The molecule has 1 atom stereocenters. The minimum atomic E-state index is -1.00. The molecule has 1 saturated carbocycles. The predicted molar refractivity (Wildman–Crippen MR) is 70.9 cm³/mol. The SMILES string of the molecule is CC(C)(C)[S+]([O-])NCCCCC(=O)NC1CC1. The fourth-order valence-electron chi connectivity index (χ4n) is 1.32. The van der Waals surface area contributed by atoms with Crippen molar-refractivity contribution in [3.05, 3.63) is 0 Å². The van der Waals surface area contributed by atoms with Crippen LogP contribution in [-0.4, -0.2) is 27.8 Å². The number of nitrogens with one attached hydrogen (secondary N) is 2. The van der Waals surface area contributed by atoms with E-state index in [2.05, 4.69) is 10.0 Å². The van der Waals surface area contributed by atoms with E-state index in [-0.39, 0.29) is 10.7 Å². The zero-order chi connectivity index (χ0) is 12.9. The maximum absolute atomic E-state index is 11.6. The average molecular weight is 260 g/mol. The van der Waals surface area contributed by atoms with Gasteiger partial charge in [-0.3, -0.25) is 4.79 Å². The molecular formula is C12H24N2O2S. The van der Waals surface area contributed by atoms with Crippen molar-refractivity contribution in [1.82, 2.24) is 10.0 Å². The zero-order valence-electron chi connectivity index (χ0n) is 11.0. The molecule has 1 aliphatic rings. The van der Waals surface area contributed by atoms with E-state index < -0.39 is 11.4 Å². The van der Waals surface area contributed by atoms with Crippen molar-refractivity contribution in [1.29, 1.82) is 0 Å². The number of hydrogen-bond acceptors (Lipinski definition) is 3. The number of unbranched alkanes of at least 4 members (excludes halogenated alkanes) is 1. The van der Waals surface area contributed by atoms with Gasteiger partial charge in [0.2, 0.25) is 5.91 Å². The van der Waals surface area contributed by atoms with Crippen LogP contribution >= 0.6 is 0 Å². The van der Waals surface area contributed by atoms with Crippen LogP contribution in [0.15, 0.2) is 0 Å². The molecule has 0 aromatic heterocycles. The van der Waals surface area contributed by atoms with E-state index in [0.29, 0.717) is 19.0 Å². The summed E-state index contributed by atoms with van der Waals surface area (Å²) in [5.41, 5.74) is 0. The molecule has 0 aromatic rings. The first kappa shape index (κ1) is 14.8. The Balaban J connectivity index is 1.94. The predicted octanol–water partition coefficient (Wildman–Crippen LogP) is 1.49. The van der Waals surface area contributed by atoms with Crippen LogP contribution in [0.25, 0.3) is 0 Å². The van der Waals surface area contributed by atoms with Gasteiger partial charge in [-0.15, -0.1) is 4.72 Å². The summed E-state index contributed by atoms with van der Waals surface area (Å²) < 4.78 is 14.4. The zero-order valence-corrected chi connectivity index (χ0v) is 11.9. The van der Waals surface area contributed by atoms with E-state index in [9.17, 15) is 9.35 Å². The lowest BCUT2D eigenvalue weighted by atomic mass is 10.2. The molecule has 0 bridgehead atoms. The van der Waals surface area contributed by atoms with E-state index in [0.717, 1.165) is 25.7 Å². The highest BCUT2D eigenvalue weighted by molar-refractivity contribution is 7.90. The first-order chi connectivity index (χ1) is 7.89. The van der Waals surface area contributed by atoms with E-state index in [1.54, 1.807) is 0 Å². The summed E-state index contributed by atoms with van der Waals surface area (Å²) in [4.78, 5) is 11.4. The molecule has 0 spiro atoms. The Morgan fingerprint density at radius 2 is 2.00 bits per heavy atom. The molecule has 1 rings (SSSR count). The van der Waals surface area contributed by atoms with Crippen LogP contribution in [0.1, 0.15) is 52.9 Å². The standard InChI is InChI=1S/C12H24N2O2S/c1-12(2,3)17(16)13-9-5-4-6-11(15)14-10-7-8-10/h10,13H,4-9H2,1-3H3,(H,14,15). The Kier molecular flexibility index (Phi) is 5.76. The van der Waals surface area contributed by atoms with Gasteiger partial charge in [-0.2, -0.15) is 0 Å². The Bertz CT molecular complexity index is 249. The molecule has 4 nitrogen and oxygen atoms in total. The fourth-order valence-corrected chi connectivity index (χ4v) is 2.08. The van der Waals surface area contributed by atoms with Crippen LogP contribution in [0.5, 0.6) is 0 Å². The number of carbonyl (C=O) groups is 1. The summed E-state index contributed by atoms with van der Waals surface area (Å²) in [6.45, 7) is 6.54. The molecule has 1 aliphatic carbocycles. The van der Waals surface area contributed by atoms with Crippen molar-refractivity contribution >= 4 is 17.3 Å². The number of hydrogen-bond donors (Lipinski definition) is 2. The van der Waals surface area contributed by atoms with Crippen LogP contribution in [0, 0.1) is 0 Å². The van der Waals surface area contributed by atoms with E-state index in [4.69, 9.17) is 0 Å². The lowest BCUT2D eigenvalue weighted by molar-refractivity contribution is -0.121. The van der Waals surface area contributed by atoms with Gasteiger partial charge >= 0.3 is 0 Å². The maximum atomic E-state index is 11.6. The molecule has 0 saturated heterocycles. The Labute approximate surface area is 107 Å². The smallest absolute Gasteiger partial charge is 0.220 e. The van der Waals surface area contributed by atoms with Gasteiger partial charge in [0.25, 0.3) is 0 Å². The van der Waals surface area contributed by atoms with Gasteiger partial charge < -0.3 is 9.87 Å². The molecule has 0 heterocycles. The highest BCUT2D eigenvalue weighted by atomic mass is 32.2. The lowest BCUT2D eigenvalue weighted by Crippen LogP contribution is -2.39. The lowest BCUT2D eigenvalue weighted by Gasteiger charge is -2.23. The molecule has 5 heteroatoms. The Morgan fingerprint density at radius 3 is 2.53 bits per heavy atom. The summed E-state index contributed by atoms with van der Waals surface area (Å²) in [5, 5.41) is 2.96. The molecule has 1 amide bonds. The second kappa shape index (κ2) is 6.61. The van der Waals surface area contributed by atoms with Crippen LogP contribution in [-0.2, 0) is 16.2 Å². The van der Waals surface area contributed by atoms with Crippen molar-refractivity contribution in [3.8, 4) is 0 Å². The quantitative estimate of drug-likeness (QED) is 0.538. The Hall–Kier alpha value is -0.260. The maximum Gasteiger partial charge on any atom is 0.220 e. The van der Waals surface area contributed by atoms with Crippen LogP contribution in [0.2, 0.25) is 0 Å². The average Bonchev–Trinajstić information content (AvgIpc) is 2.99. The van der Waals surface area contributed by atoms with Crippen LogP contribution in [0.4, 0.5) is 0 Å². The molecular weight excluding hydrogens is 236 g/mol. The van der Waals surface area contributed by atoms with E-state index >= 15 is 0 Å². The first-order valence-electron chi connectivity index (χ1n) is 6.34. The van der Waals surface area contributed by atoms with Crippen LogP contribution < -0.4 is 10.0 Å².